The number of thiazole rings is 1. The zero-order valence-corrected chi connectivity index (χ0v) is 13.5. The Kier molecular flexibility index (Phi) is 4.12. The Morgan fingerprint density at radius 2 is 2.14 bits per heavy atom. The molecule has 6 nitrogen and oxygen atoms in total. The number of hydrogen-bond acceptors (Lipinski definition) is 6. The lowest BCUT2D eigenvalue weighted by molar-refractivity contribution is -0.385. The molecule has 110 valence electrons. The van der Waals surface area contributed by atoms with Crippen molar-refractivity contribution in [3.8, 4) is 0 Å². The van der Waals surface area contributed by atoms with Gasteiger partial charge in [-0.1, -0.05) is 29.5 Å². The van der Waals surface area contributed by atoms with Crippen molar-refractivity contribution >= 4 is 54.5 Å². The number of aromatic nitrogens is 1. The zero-order chi connectivity index (χ0) is 15.5. The third-order valence-corrected chi connectivity index (χ3v) is 4.45. The molecule has 0 aliphatic heterocycles. The van der Waals surface area contributed by atoms with E-state index in [1.54, 1.807) is 12.1 Å². The third kappa shape index (κ3) is 3.12. The van der Waals surface area contributed by atoms with Gasteiger partial charge in [0, 0.05) is 11.6 Å². The number of nitrogens with one attached hydrogen (secondary N) is 1. The van der Waals surface area contributed by atoms with Crippen LogP contribution in [0.25, 0.3) is 10.2 Å². The number of fused-ring (bicyclic) bond motifs is 1. The second kappa shape index (κ2) is 6.20. The summed E-state index contributed by atoms with van der Waals surface area (Å²) >= 11 is 4.64. The highest BCUT2D eigenvalue weighted by Gasteiger charge is 2.11. The molecule has 1 heterocycles. The van der Waals surface area contributed by atoms with Gasteiger partial charge in [0.15, 0.2) is 0 Å². The fraction of sp³-hybridized carbons (Fsp3) is 0. The van der Waals surface area contributed by atoms with Crippen LogP contribution < -0.4 is 5.43 Å². The second-order valence-corrected chi connectivity index (χ2v) is 6.21. The van der Waals surface area contributed by atoms with Gasteiger partial charge in [0.2, 0.25) is 5.13 Å². The number of anilines is 1. The van der Waals surface area contributed by atoms with Gasteiger partial charge in [-0.3, -0.25) is 15.5 Å². The van der Waals surface area contributed by atoms with Crippen molar-refractivity contribution in [3.05, 3.63) is 62.6 Å². The van der Waals surface area contributed by atoms with Crippen LogP contribution in [0.3, 0.4) is 0 Å². The quantitative estimate of drug-likeness (QED) is 0.415. The molecule has 2 aromatic carbocycles. The average Bonchev–Trinajstić information content (AvgIpc) is 2.91. The lowest BCUT2D eigenvalue weighted by Gasteiger charge is -1.97. The van der Waals surface area contributed by atoms with Crippen LogP contribution in [-0.4, -0.2) is 16.1 Å². The van der Waals surface area contributed by atoms with Gasteiger partial charge in [-0.2, -0.15) is 5.10 Å². The summed E-state index contributed by atoms with van der Waals surface area (Å²) < 4.78 is 1.51. The molecule has 8 heteroatoms. The number of rotatable bonds is 4. The fourth-order valence-corrected chi connectivity index (χ4v) is 3.04. The number of benzene rings is 2. The predicted octanol–water partition coefficient (Wildman–Crippen LogP) is 4.41. The molecule has 0 amide bonds. The number of nitrogens with zero attached hydrogens (tertiary/aromatic N) is 3. The molecule has 0 spiro atoms. The number of halogens is 1. The molecule has 0 bridgehead atoms. The van der Waals surface area contributed by atoms with Crippen molar-refractivity contribution < 1.29 is 4.92 Å². The minimum atomic E-state index is -0.442. The van der Waals surface area contributed by atoms with E-state index >= 15 is 0 Å². The molecule has 1 N–H and O–H groups in total. The van der Waals surface area contributed by atoms with Crippen LogP contribution >= 0.6 is 27.3 Å². The van der Waals surface area contributed by atoms with E-state index in [1.165, 1.54) is 23.6 Å². The van der Waals surface area contributed by atoms with E-state index in [-0.39, 0.29) is 5.69 Å². The van der Waals surface area contributed by atoms with Gasteiger partial charge >= 0.3 is 0 Å². The first kappa shape index (κ1) is 14.6. The van der Waals surface area contributed by atoms with E-state index in [9.17, 15) is 10.1 Å². The summed E-state index contributed by atoms with van der Waals surface area (Å²) in [7, 11) is 0. The maximum absolute atomic E-state index is 10.9. The monoisotopic (exact) mass is 376 g/mol. The molecule has 3 rings (SSSR count). The highest BCUT2D eigenvalue weighted by molar-refractivity contribution is 9.10. The minimum Gasteiger partial charge on any atom is -0.258 e. The fourth-order valence-electron chi connectivity index (χ4n) is 1.83. The summed E-state index contributed by atoms with van der Waals surface area (Å²) in [6.45, 7) is 0. The van der Waals surface area contributed by atoms with Gasteiger partial charge in [-0.05, 0) is 34.1 Å². The Morgan fingerprint density at radius 1 is 1.32 bits per heavy atom. The normalized spacial score (nSPS) is 11.1. The number of hydrazone groups is 1. The van der Waals surface area contributed by atoms with E-state index in [4.69, 9.17) is 0 Å². The molecule has 0 radical (unpaired) electrons. The molecular formula is C14H9BrN4O2S. The van der Waals surface area contributed by atoms with Crippen molar-refractivity contribution in [1.82, 2.24) is 4.98 Å². The third-order valence-electron chi connectivity index (χ3n) is 2.83. The highest BCUT2D eigenvalue weighted by Crippen LogP contribution is 2.26. The molecule has 1 aromatic heterocycles. The van der Waals surface area contributed by atoms with Crippen molar-refractivity contribution in [2.45, 2.75) is 0 Å². The maximum Gasteiger partial charge on any atom is 0.284 e. The SMILES string of the molecule is O=[N+]([O-])c1cc(/C=N\Nc2nc3ccccc3s2)ccc1Br. The van der Waals surface area contributed by atoms with Crippen LogP contribution in [-0.2, 0) is 0 Å². The first-order valence-electron chi connectivity index (χ1n) is 6.22. The summed E-state index contributed by atoms with van der Waals surface area (Å²) in [5, 5.41) is 15.6. The molecular weight excluding hydrogens is 368 g/mol. The molecule has 0 atom stereocenters. The largest absolute Gasteiger partial charge is 0.284 e. The van der Waals surface area contributed by atoms with Gasteiger partial charge in [0.05, 0.1) is 25.8 Å². The van der Waals surface area contributed by atoms with Crippen LogP contribution in [0, 0.1) is 10.1 Å². The number of nitro groups is 1. The zero-order valence-electron chi connectivity index (χ0n) is 11.1. The molecule has 22 heavy (non-hydrogen) atoms. The number of para-hydroxylation sites is 1. The Bertz CT molecular complexity index is 845. The molecule has 0 aliphatic carbocycles. The molecule has 0 aliphatic rings. The molecule has 3 aromatic rings. The van der Waals surface area contributed by atoms with E-state index in [2.05, 4.69) is 31.4 Å². The van der Waals surface area contributed by atoms with E-state index in [1.807, 2.05) is 24.3 Å². The summed E-state index contributed by atoms with van der Waals surface area (Å²) in [5.74, 6) is 0. The van der Waals surface area contributed by atoms with Crippen molar-refractivity contribution in [1.29, 1.82) is 0 Å². The maximum atomic E-state index is 10.9. The first-order valence-corrected chi connectivity index (χ1v) is 7.83. The van der Waals surface area contributed by atoms with Gasteiger partial charge < -0.3 is 0 Å². The van der Waals surface area contributed by atoms with Gasteiger partial charge in [0.25, 0.3) is 5.69 Å². The van der Waals surface area contributed by atoms with Gasteiger partial charge in [-0.15, -0.1) is 0 Å². The Hall–Kier alpha value is -2.32. The van der Waals surface area contributed by atoms with Crippen LogP contribution in [0.15, 0.2) is 52.0 Å². The van der Waals surface area contributed by atoms with Crippen LogP contribution in [0.2, 0.25) is 0 Å². The van der Waals surface area contributed by atoms with Gasteiger partial charge in [-0.25, -0.2) is 4.98 Å². The standard InChI is InChI=1S/C14H9BrN4O2S/c15-10-6-5-9(7-12(10)19(20)21)8-16-18-14-17-11-3-1-2-4-13(11)22-14/h1-8H,(H,17,18)/b16-8-. The van der Waals surface area contributed by atoms with Crippen molar-refractivity contribution in [2.24, 2.45) is 5.10 Å². The number of hydrogen-bond donors (Lipinski definition) is 1. The summed E-state index contributed by atoms with van der Waals surface area (Å²) in [4.78, 5) is 14.8. The summed E-state index contributed by atoms with van der Waals surface area (Å²) in [6, 6.07) is 12.6. The Balaban J connectivity index is 1.77. The minimum absolute atomic E-state index is 0.00365. The van der Waals surface area contributed by atoms with Gasteiger partial charge in [0.1, 0.15) is 0 Å². The lowest BCUT2D eigenvalue weighted by Crippen LogP contribution is -1.93. The Labute approximate surface area is 137 Å². The average molecular weight is 377 g/mol. The van der Waals surface area contributed by atoms with Crippen molar-refractivity contribution in [2.75, 3.05) is 5.43 Å². The molecule has 0 fully saturated rings. The predicted molar refractivity (Wildman–Crippen MR) is 91.6 cm³/mol. The van der Waals surface area contributed by atoms with Crippen LogP contribution in [0.5, 0.6) is 0 Å². The lowest BCUT2D eigenvalue weighted by atomic mass is 10.2. The topological polar surface area (TPSA) is 80.4 Å². The highest BCUT2D eigenvalue weighted by atomic mass is 79.9. The smallest absolute Gasteiger partial charge is 0.258 e. The van der Waals surface area contributed by atoms with Crippen molar-refractivity contribution in [3.63, 3.8) is 0 Å². The van der Waals surface area contributed by atoms with E-state index < -0.39 is 4.92 Å². The van der Waals surface area contributed by atoms with Crippen LogP contribution in [0.4, 0.5) is 10.8 Å². The van der Waals surface area contributed by atoms with Crippen LogP contribution in [0.1, 0.15) is 5.56 Å². The second-order valence-electron chi connectivity index (χ2n) is 4.32. The summed E-state index contributed by atoms with van der Waals surface area (Å²) in [5.41, 5.74) is 4.38. The Morgan fingerprint density at radius 3 is 2.91 bits per heavy atom. The summed E-state index contributed by atoms with van der Waals surface area (Å²) in [6.07, 6.45) is 1.52. The van der Waals surface area contributed by atoms with E-state index in [0.717, 1.165) is 10.2 Å². The number of nitro benzene ring substituents is 1. The molecule has 0 saturated heterocycles. The molecule has 0 unspecified atom stereocenters. The molecule has 0 saturated carbocycles. The van der Waals surface area contributed by atoms with E-state index in [0.29, 0.717) is 15.2 Å². The first-order chi connectivity index (χ1) is 10.6.